The number of ether oxygens (including phenoxy) is 1. The zero-order valence-corrected chi connectivity index (χ0v) is 12.7. The Bertz CT molecular complexity index is 491. The summed E-state index contributed by atoms with van der Waals surface area (Å²) >= 11 is 0. The first-order valence-corrected chi connectivity index (χ1v) is 6.40. The molecule has 112 valence electrons. The van der Waals surface area contributed by atoms with Crippen molar-refractivity contribution in [2.45, 2.75) is 53.1 Å². The predicted octanol–water partition coefficient (Wildman–Crippen LogP) is 4.76. The molecule has 0 bridgehead atoms. The highest BCUT2D eigenvalue weighted by atomic mass is 19.3. The monoisotopic (exact) mass is 285 g/mol. The van der Waals surface area contributed by atoms with Gasteiger partial charge >= 0.3 is 6.09 Å². The molecule has 0 aliphatic heterocycles. The molecule has 5 heteroatoms. The van der Waals surface area contributed by atoms with Crippen LogP contribution in [0.5, 0.6) is 0 Å². The Morgan fingerprint density at radius 3 is 1.90 bits per heavy atom. The van der Waals surface area contributed by atoms with Crippen LogP contribution in [0.15, 0.2) is 12.1 Å². The number of anilines is 1. The van der Waals surface area contributed by atoms with Crippen LogP contribution in [0, 0.1) is 13.8 Å². The third kappa shape index (κ3) is 4.47. The maximum Gasteiger partial charge on any atom is 0.412 e. The molecule has 0 aliphatic carbocycles. The number of alkyl halides is 2. The highest BCUT2D eigenvalue weighted by molar-refractivity contribution is 5.87. The first-order chi connectivity index (χ1) is 8.90. The van der Waals surface area contributed by atoms with Gasteiger partial charge in [0.2, 0.25) is 0 Å². The Kier molecular flexibility index (Phi) is 4.42. The Hall–Kier alpha value is -1.65. The fourth-order valence-corrected chi connectivity index (χ4v) is 1.82. The lowest BCUT2D eigenvalue weighted by Crippen LogP contribution is -2.27. The van der Waals surface area contributed by atoms with Crippen LogP contribution in [0.1, 0.15) is 44.4 Å². The summed E-state index contributed by atoms with van der Waals surface area (Å²) in [6, 6.07) is 2.75. The molecule has 1 aromatic carbocycles. The molecule has 0 fully saturated rings. The third-order valence-electron chi connectivity index (χ3n) is 2.67. The van der Waals surface area contributed by atoms with E-state index >= 15 is 0 Å². The van der Waals surface area contributed by atoms with Crippen LogP contribution in [0.2, 0.25) is 0 Å². The summed E-state index contributed by atoms with van der Waals surface area (Å²) in [5, 5.41) is 2.61. The summed E-state index contributed by atoms with van der Waals surface area (Å²) in [7, 11) is 0. The maximum atomic E-state index is 13.3. The van der Waals surface area contributed by atoms with Crippen LogP contribution in [-0.4, -0.2) is 11.7 Å². The van der Waals surface area contributed by atoms with E-state index in [2.05, 4.69) is 5.32 Å². The number of carbonyl (C=O) groups excluding carboxylic acids is 1. The van der Waals surface area contributed by atoms with Gasteiger partial charge in [-0.2, -0.15) is 0 Å². The Balaban J connectivity index is 3.01. The Labute approximate surface area is 118 Å². The van der Waals surface area contributed by atoms with Gasteiger partial charge in [0.15, 0.2) is 0 Å². The van der Waals surface area contributed by atoms with E-state index in [1.54, 1.807) is 34.6 Å². The van der Waals surface area contributed by atoms with Gasteiger partial charge in [-0.15, -0.1) is 0 Å². The minimum Gasteiger partial charge on any atom is -0.444 e. The average molecular weight is 285 g/mol. The zero-order valence-electron chi connectivity index (χ0n) is 12.7. The number of benzene rings is 1. The number of nitrogens with one attached hydrogen (secondary N) is 1. The topological polar surface area (TPSA) is 38.3 Å². The van der Waals surface area contributed by atoms with E-state index in [0.717, 1.165) is 6.92 Å². The molecule has 0 radical (unpaired) electrons. The van der Waals surface area contributed by atoms with Crippen LogP contribution < -0.4 is 5.32 Å². The van der Waals surface area contributed by atoms with Crippen molar-refractivity contribution in [1.82, 2.24) is 0 Å². The third-order valence-corrected chi connectivity index (χ3v) is 2.67. The van der Waals surface area contributed by atoms with Crippen molar-refractivity contribution >= 4 is 11.8 Å². The molecule has 0 saturated carbocycles. The SMILES string of the molecule is Cc1cc(C(C)(F)F)cc(C)c1NC(=O)OC(C)(C)C. The van der Waals surface area contributed by atoms with Gasteiger partial charge in [-0.1, -0.05) is 0 Å². The lowest BCUT2D eigenvalue weighted by atomic mass is 10.0. The van der Waals surface area contributed by atoms with Crippen molar-refractivity contribution in [3.05, 3.63) is 28.8 Å². The molecule has 20 heavy (non-hydrogen) atoms. The normalized spacial score (nSPS) is 12.2. The number of halogens is 2. The lowest BCUT2D eigenvalue weighted by molar-refractivity contribution is 0.0174. The maximum absolute atomic E-state index is 13.3. The molecule has 0 aliphatic rings. The van der Waals surface area contributed by atoms with Gasteiger partial charge < -0.3 is 4.74 Å². The molecule has 0 atom stereocenters. The van der Waals surface area contributed by atoms with Crippen molar-refractivity contribution < 1.29 is 18.3 Å². The van der Waals surface area contributed by atoms with Crippen LogP contribution in [0.25, 0.3) is 0 Å². The van der Waals surface area contributed by atoms with Crippen molar-refractivity contribution in [1.29, 1.82) is 0 Å². The molecule has 1 N–H and O–H groups in total. The lowest BCUT2D eigenvalue weighted by Gasteiger charge is -2.21. The van der Waals surface area contributed by atoms with E-state index in [0.29, 0.717) is 16.8 Å². The average Bonchev–Trinajstić information content (AvgIpc) is 2.19. The summed E-state index contributed by atoms with van der Waals surface area (Å²) in [5.74, 6) is -2.90. The van der Waals surface area contributed by atoms with Crippen LogP contribution in [-0.2, 0) is 10.7 Å². The molecule has 0 aromatic heterocycles. The predicted molar refractivity (Wildman–Crippen MR) is 75.3 cm³/mol. The van der Waals surface area contributed by atoms with Gasteiger partial charge in [-0.05, 0) is 57.9 Å². The highest BCUT2D eigenvalue weighted by Crippen LogP contribution is 2.32. The van der Waals surface area contributed by atoms with Gasteiger partial charge in [0.25, 0.3) is 5.92 Å². The number of aryl methyl sites for hydroxylation is 2. The molecule has 0 saturated heterocycles. The quantitative estimate of drug-likeness (QED) is 0.850. The van der Waals surface area contributed by atoms with Crippen LogP contribution in [0.4, 0.5) is 19.3 Å². The van der Waals surface area contributed by atoms with Gasteiger partial charge in [-0.25, -0.2) is 13.6 Å². The fraction of sp³-hybridized carbons (Fsp3) is 0.533. The van der Waals surface area contributed by atoms with Crippen molar-refractivity contribution in [2.75, 3.05) is 5.32 Å². The molecule has 1 rings (SSSR count). The van der Waals surface area contributed by atoms with Gasteiger partial charge in [-0.3, -0.25) is 5.32 Å². The minimum absolute atomic E-state index is 0.0674. The van der Waals surface area contributed by atoms with Crippen molar-refractivity contribution in [3.63, 3.8) is 0 Å². The molecule has 1 aromatic rings. The van der Waals surface area contributed by atoms with Gasteiger partial charge in [0, 0.05) is 18.2 Å². The number of rotatable bonds is 2. The largest absolute Gasteiger partial charge is 0.444 e. The smallest absolute Gasteiger partial charge is 0.412 e. The van der Waals surface area contributed by atoms with Crippen molar-refractivity contribution in [3.8, 4) is 0 Å². The second kappa shape index (κ2) is 5.38. The molecular formula is C15H21F2NO2. The zero-order chi connectivity index (χ0) is 15.7. The van der Waals surface area contributed by atoms with E-state index in [1.165, 1.54) is 12.1 Å². The fourth-order valence-electron chi connectivity index (χ4n) is 1.82. The summed E-state index contributed by atoms with van der Waals surface area (Å²) in [4.78, 5) is 11.7. The second-order valence-electron chi connectivity index (χ2n) is 6.00. The van der Waals surface area contributed by atoms with Gasteiger partial charge in [0.05, 0.1) is 0 Å². The van der Waals surface area contributed by atoms with Gasteiger partial charge in [0.1, 0.15) is 5.60 Å². The number of hydrogen-bond acceptors (Lipinski definition) is 2. The summed E-state index contributed by atoms with van der Waals surface area (Å²) < 4.78 is 31.8. The van der Waals surface area contributed by atoms with E-state index in [9.17, 15) is 13.6 Å². The molecule has 0 unspecified atom stereocenters. The number of amides is 1. The second-order valence-corrected chi connectivity index (χ2v) is 6.00. The minimum atomic E-state index is -2.90. The molecule has 3 nitrogen and oxygen atoms in total. The standard InChI is InChI=1S/C15H21F2NO2/c1-9-7-11(15(6,16)17)8-10(2)12(9)18-13(19)20-14(3,4)5/h7-8H,1-6H3,(H,18,19). The van der Waals surface area contributed by atoms with Crippen LogP contribution in [0.3, 0.4) is 0 Å². The molecule has 0 heterocycles. The Morgan fingerprint density at radius 1 is 1.10 bits per heavy atom. The van der Waals surface area contributed by atoms with E-state index in [-0.39, 0.29) is 5.56 Å². The Morgan fingerprint density at radius 2 is 1.55 bits per heavy atom. The first-order valence-electron chi connectivity index (χ1n) is 6.40. The molecule has 0 spiro atoms. The van der Waals surface area contributed by atoms with Crippen LogP contribution >= 0.6 is 0 Å². The van der Waals surface area contributed by atoms with E-state index in [1.807, 2.05) is 0 Å². The molecular weight excluding hydrogens is 264 g/mol. The summed E-state index contributed by atoms with van der Waals surface area (Å²) in [6.45, 7) is 9.47. The molecule has 1 amide bonds. The number of carbonyl (C=O) groups is 1. The summed E-state index contributed by atoms with van der Waals surface area (Å²) in [5.41, 5.74) is 0.983. The highest BCUT2D eigenvalue weighted by Gasteiger charge is 2.26. The van der Waals surface area contributed by atoms with Crippen molar-refractivity contribution in [2.24, 2.45) is 0 Å². The van der Waals surface area contributed by atoms with E-state index in [4.69, 9.17) is 4.74 Å². The number of hydrogen-bond donors (Lipinski definition) is 1. The van der Waals surface area contributed by atoms with E-state index < -0.39 is 17.6 Å². The first kappa shape index (κ1) is 16.4. The summed E-state index contributed by atoms with van der Waals surface area (Å²) in [6.07, 6.45) is -0.597.